The molecule has 1 rings (SSSR count). The average molecular weight is 399 g/mol. The molecule has 0 atom stereocenters. The van der Waals surface area contributed by atoms with E-state index in [4.69, 9.17) is 4.74 Å². The van der Waals surface area contributed by atoms with Gasteiger partial charge in [-0.2, -0.15) is 0 Å². The second kappa shape index (κ2) is 8.37. The lowest BCUT2D eigenvalue weighted by molar-refractivity contribution is 0.0520. The summed E-state index contributed by atoms with van der Waals surface area (Å²) in [5.74, 6) is -1.18. The third kappa shape index (κ3) is 4.35. The molecule has 2 N–H and O–H groups in total. The largest absolute Gasteiger partial charge is 0.506 e. The Balaban J connectivity index is 0.00000324. The first-order chi connectivity index (χ1) is 8.52. The normalized spacial score (nSPS) is 9.84. The SMILES string of the molecule is Br.CCCCc1[nH]c(=O)c(C(=O)OCC)c(O)c1Br. The number of esters is 1. The molecule has 0 saturated carbocycles. The highest BCUT2D eigenvalue weighted by atomic mass is 79.9. The maximum atomic E-state index is 11.8. The Bertz CT molecular complexity index is 499. The van der Waals surface area contributed by atoms with Crippen molar-refractivity contribution in [2.75, 3.05) is 6.61 Å². The molecule has 7 heteroatoms. The number of aromatic hydroxyl groups is 1. The van der Waals surface area contributed by atoms with Crippen molar-refractivity contribution in [1.82, 2.24) is 4.98 Å². The lowest BCUT2D eigenvalue weighted by Gasteiger charge is -2.09. The molecule has 0 aliphatic heterocycles. The van der Waals surface area contributed by atoms with Crippen LogP contribution in [0.3, 0.4) is 0 Å². The Morgan fingerprint density at radius 1 is 1.42 bits per heavy atom. The number of rotatable bonds is 5. The first-order valence-electron chi connectivity index (χ1n) is 5.83. The maximum Gasteiger partial charge on any atom is 0.347 e. The number of unbranched alkanes of at least 4 members (excludes halogenated alkanes) is 1. The van der Waals surface area contributed by atoms with E-state index in [9.17, 15) is 14.7 Å². The molecule has 0 amide bonds. The van der Waals surface area contributed by atoms with E-state index in [1.165, 1.54) is 0 Å². The molecule has 0 unspecified atom stereocenters. The molecule has 0 aliphatic carbocycles. The zero-order chi connectivity index (χ0) is 13.7. The summed E-state index contributed by atoms with van der Waals surface area (Å²) in [5, 5.41) is 9.89. The number of hydrogen-bond donors (Lipinski definition) is 2. The predicted molar refractivity (Wildman–Crippen MR) is 81.3 cm³/mol. The summed E-state index contributed by atoms with van der Waals surface area (Å²) in [6.45, 7) is 3.81. The second-order valence-corrected chi connectivity index (χ2v) is 4.59. The van der Waals surface area contributed by atoms with Crippen molar-refractivity contribution >= 4 is 38.9 Å². The summed E-state index contributed by atoms with van der Waals surface area (Å²) in [4.78, 5) is 25.9. The van der Waals surface area contributed by atoms with Gasteiger partial charge in [-0.15, -0.1) is 17.0 Å². The first kappa shape index (κ1) is 18.2. The summed E-state index contributed by atoms with van der Waals surface area (Å²) in [6, 6.07) is 0. The predicted octanol–water partition coefficient (Wildman–Crippen LogP) is 2.94. The van der Waals surface area contributed by atoms with Gasteiger partial charge in [-0.05, 0) is 35.7 Å². The van der Waals surface area contributed by atoms with E-state index in [0.29, 0.717) is 16.6 Å². The first-order valence-corrected chi connectivity index (χ1v) is 6.62. The minimum Gasteiger partial charge on any atom is -0.506 e. The number of pyridine rings is 1. The molecule has 0 radical (unpaired) electrons. The van der Waals surface area contributed by atoms with Crippen LogP contribution in [0.4, 0.5) is 0 Å². The number of H-pyrrole nitrogens is 1. The molecule has 1 heterocycles. The van der Waals surface area contributed by atoms with Crippen molar-refractivity contribution in [3.63, 3.8) is 0 Å². The molecule has 0 bridgehead atoms. The maximum absolute atomic E-state index is 11.8. The van der Waals surface area contributed by atoms with Crippen LogP contribution in [0.2, 0.25) is 0 Å². The van der Waals surface area contributed by atoms with Crippen LogP contribution in [-0.2, 0) is 11.2 Å². The third-order valence-electron chi connectivity index (χ3n) is 2.46. The molecule has 1 aromatic heterocycles. The molecular weight excluding hydrogens is 382 g/mol. The number of aromatic nitrogens is 1. The number of ether oxygens (including phenoxy) is 1. The summed E-state index contributed by atoms with van der Waals surface area (Å²) >= 11 is 3.19. The summed E-state index contributed by atoms with van der Waals surface area (Å²) < 4.78 is 5.07. The van der Waals surface area contributed by atoms with E-state index >= 15 is 0 Å². The highest BCUT2D eigenvalue weighted by Crippen LogP contribution is 2.29. The van der Waals surface area contributed by atoms with Crippen molar-refractivity contribution < 1.29 is 14.6 Å². The molecule has 0 spiro atoms. The molecule has 0 aliphatic rings. The van der Waals surface area contributed by atoms with Crippen LogP contribution in [0.15, 0.2) is 9.27 Å². The van der Waals surface area contributed by atoms with E-state index in [1.54, 1.807) is 6.92 Å². The number of aromatic amines is 1. The molecule has 0 aromatic carbocycles. The van der Waals surface area contributed by atoms with E-state index in [0.717, 1.165) is 12.8 Å². The van der Waals surface area contributed by atoms with Gasteiger partial charge in [0.2, 0.25) is 0 Å². The fraction of sp³-hybridized carbons (Fsp3) is 0.500. The Kier molecular flexibility index (Phi) is 8.01. The Morgan fingerprint density at radius 2 is 2.05 bits per heavy atom. The topological polar surface area (TPSA) is 79.4 Å². The van der Waals surface area contributed by atoms with Crippen molar-refractivity contribution in [1.29, 1.82) is 0 Å². The highest BCUT2D eigenvalue weighted by molar-refractivity contribution is 9.10. The zero-order valence-electron chi connectivity index (χ0n) is 10.8. The van der Waals surface area contributed by atoms with Crippen LogP contribution in [-0.4, -0.2) is 22.7 Å². The summed E-state index contributed by atoms with van der Waals surface area (Å²) in [6.07, 6.45) is 2.48. The molecule has 5 nitrogen and oxygen atoms in total. The lowest BCUT2D eigenvalue weighted by Crippen LogP contribution is -2.21. The van der Waals surface area contributed by atoms with Crippen LogP contribution in [0, 0.1) is 0 Å². The van der Waals surface area contributed by atoms with Gasteiger partial charge in [0.1, 0.15) is 0 Å². The number of nitrogens with one attached hydrogen (secondary N) is 1. The van der Waals surface area contributed by atoms with E-state index in [2.05, 4.69) is 20.9 Å². The van der Waals surface area contributed by atoms with E-state index < -0.39 is 11.5 Å². The lowest BCUT2D eigenvalue weighted by atomic mass is 10.1. The van der Waals surface area contributed by atoms with Crippen LogP contribution in [0.25, 0.3) is 0 Å². The van der Waals surface area contributed by atoms with Crippen LogP contribution in [0.1, 0.15) is 42.7 Å². The fourth-order valence-electron chi connectivity index (χ4n) is 1.53. The Morgan fingerprint density at radius 3 is 2.58 bits per heavy atom. The quantitative estimate of drug-likeness (QED) is 0.747. The van der Waals surface area contributed by atoms with Gasteiger partial charge in [-0.3, -0.25) is 4.79 Å². The van der Waals surface area contributed by atoms with Crippen molar-refractivity contribution in [3.8, 4) is 5.75 Å². The van der Waals surface area contributed by atoms with Crippen LogP contribution >= 0.6 is 32.9 Å². The monoisotopic (exact) mass is 397 g/mol. The van der Waals surface area contributed by atoms with Gasteiger partial charge in [0, 0.05) is 5.69 Å². The van der Waals surface area contributed by atoms with E-state index in [1.807, 2.05) is 6.92 Å². The highest BCUT2D eigenvalue weighted by Gasteiger charge is 2.22. The van der Waals surface area contributed by atoms with Gasteiger partial charge >= 0.3 is 5.97 Å². The molecule has 0 fully saturated rings. The number of hydrogen-bond acceptors (Lipinski definition) is 4. The molecular formula is C12H17Br2NO4. The Hall–Kier alpha value is -0.820. The van der Waals surface area contributed by atoms with Crippen LogP contribution < -0.4 is 5.56 Å². The van der Waals surface area contributed by atoms with Gasteiger partial charge in [0.25, 0.3) is 5.56 Å². The third-order valence-corrected chi connectivity index (χ3v) is 3.32. The molecule has 0 saturated heterocycles. The number of carbonyl (C=O) groups excluding carboxylic acids is 1. The van der Waals surface area contributed by atoms with Gasteiger partial charge < -0.3 is 14.8 Å². The van der Waals surface area contributed by atoms with Crippen molar-refractivity contribution in [2.24, 2.45) is 0 Å². The van der Waals surface area contributed by atoms with Gasteiger partial charge in [-0.1, -0.05) is 13.3 Å². The Labute approximate surface area is 130 Å². The van der Waals surface area contributed by atoms with Gasteiger partial charge in [0.15, 0.2) is 11.3 Å². The summed E-state index contributed by atoms with van der Waals surface area (Å²) in [5.41, 5.74) is -0.392. The number of aryl methyl sites for hydroxylation is 1. The molecule has 1 aromatic rings. The minimum atomic E-state index is -0.820. The standard InChI is InChI=1S/C12H16BrNO4.BrH/c1-3-5-6-7-9(13)10(15)8(11(16)14-7)12(17)18-4-2;/h3-6H2,1-2H3,(H2,14,15,16);1H. The average Bonchev–Trinajstić information content (AvgIpc) is 2.32. The molecule has 19 heavy (non-hydrogen) atoms. The molecule has 108 valence electrons. The zero-order valence-corrected chi connectivity index (χ0v) is 14.1. The van der Waals surface area contributed by atoms with E-state index in [-0.39, 0.29) is 34.9 Å². The smallest absolute Gasteiger partial charge is 0.347 e. The number of halogens is 2. The van der Waals surface area contributed by atoms with Crippen LogP contribution in [0.5, 0.6) is 5.75 Å². The van der Waals surface area contributed by atoms with Gasteiger partial charge in [-0.25, -0.2) is 4.79 Å². The van der Waals surface area contributed by atoms with Crippen molar-refractivity contribution in [3.05, 3.63) is 26.1 Å². The second-order valence-electron chi connectivity index (χ2n) is 3.79. The minimum absolute atomic E-state index is 0. The summed E-state index contributed by atoms with van der Waals surface area (Å²) in [7, 11) is 0. The fourth-order valence-corrected chi connectivity index (χ4v) is 2.03. The number of carbonyl (C=O) groups is 1. The van der Waals surface area contributed by atoms with Crippen molar-refractivity contribution in [2.45, 2.75) is 33.1 Å². The van der Waals surface area contributed by atoms with Gasteiger partial charge in [0.05, 0.1) is 11.1 Å².